The van der Waals surface area contributed by atoms with Crippen molar-refractivity contribution in [2.45, 2.75) is 50.4 Å². The molecule has 0 radical (unpaired) electrons. The van der Waals surface area contributed by atoms with Crippen LogP contribution in [-0.2, 0) is 11.8 Å². The van der Waals surface area contributed by atoms with Crippen molar-refractivity contribution in [3.8, 4) is 0 Å². The molecule has 1 heterocycles. The average Bonchev–Trinajstić information content (AvgIpc) is 2.77. The van der Waals surface area contributed by atoms with Gasteiger partial charge in [-0.25, -0.2) is 4.98 Å². The normalized spacial score (nSPS) is 41.5. The number of hydrogen-bond donors (Lipinski definition) is 0. The molecule has 0 unspecified atom stereocenters. The van der Waals surface area contributed by atoms with Gasteiger partial charge in [0.1, 0.15) is 5.76 Å². The number of alkyl halides is 1. The van der Waals surface area contributed by atoms with Crippen LogP contribution in [0.4, 0.5) is 0 Å². The second kappa shape index (κ2) is 4.00. The summed E-state index contributed by atoms with van der Waals surface area (Å²) in [6, 6.07) is 0. The van der Waals surface area contributed by atoms with E-state index in [-0.39, 0.29) is 0 Å². The zero-order valence-corrected chi connectivity index (χ0v) is 11.5. The first-order chi connectivity index (χ1) is 8.77. The van der Waals surface area contributed by atoms with E-state index in [4.69, 9.17) is 16.0 Å². The lowest BCUT2D eigenvalue weighted by Crippen LogP contribution is -2.48. The molecule has 0 saturated heterocycles. The van der Waals surface area contributed by atoms with Gasteiger partial charge in [-0.15, -0.1) is 11.6 Å². The van der Waals surface area contributed by atoms with E-state index in [9.17, 15) is 0 Å². The van der Waals surface area contributed by atoms with Crippen LogP contribution in [0.5, 0.6) is 0 Å². The number of nitrogens with zero attached hydrogens (tertiary/aromatic N) is 1. The molecule has 4 fully saturated rings. The van der Waals surface area contributed by atoms with E-state index in [1.807, 2.05) is 6.20 Å². The first-order valence-electron chi connectivity index (χ1n) is 7.28. The van der Waals surface area contributed by atoms with Crippen molar-refractivity contribution < 1.29 is 4.42 Å². The topological polar surface area (TPSA) is 26.0 Å². The molecule has 18 heavy (non-hydrogen) atoms. The zero-order chi connectivity index (χ0) is 12.2. The van der Waals surface area contributed by atoms with Crippen molar-refractivity contribution in [1.29, 1.82) is 0 Å². The summed E-state index contributed by atoms with van der Waals surface area (Å²) >= 11 is 5.76. The maximum atomic E-state index is 6.01. The lowest BCUT2D eigenvalue weighted by atomic mass is 9.49. The first-order valence-corrected chi connectivity index (χ1v) is 7.82. The predicted molar refractivity (Wildman–Crippen MR) is 70.8 cm³/mol. The van der Waals surface area contributed by atoms with E-state index in [1.54, 1.807) is 0 Å². The number of halogens is 1. The molecule has 3 heteroatoms. The number of aromatic nitrogens is 1. The molecule has 4 aliphatic rings. The molecule has 1 aromatic heterocycles. The minimum Gasteiger partial charge on any atom is -0.445 e. The SMILES string of the molecule is ClCCc1ncc(C23CC4CC(CC(C4)C2)C3)o1. The largest absolute Gasteiger partial charge is 0.445 e. The highest BCUT2D eigenvalue weighted by Crippen LogP contribution is 2.60. The fourth-order valence-corrected chi connectivity index (χ4v) is 5.33. The zero-order valence-electron chi connectivity index (χ0n) is 10.7. The van der Waals surface area contributed by atoms with Crippen molar-refractivity contribution in [2.24, 2.45) is 17.8 Å². The Hall–Kier alpha value is -0.500. The molecule has 0 aliphatic heterocycles. The Morgan fingerprint density at radius 2 is 1.78 bits per heavy atom. The third-order valence-electron chi connectivity index (χ3n) is 5.42. The van der Waals surface area contributed by atoms with Crippen LogP contribution in [0.3, 0.4) is 0 Å². The van der Waals surface area contributed by atoms with Crippen LogP contribution in [-0.4, -0.2) is 10.9 Å². The summed E-state index contributed by atoms with van der Waals surface area (Å²) in [6.45, 7) is 0. The molecule has 2 nitrogen and oxygen atoms in total. The molecular formula is C15H20ClNO. The average molecular weight is 266 g/mol. The van der Waals surface area contributed by atoms with Gasteiger partial charge < -0.3 is 4.42 Å². The van der Waals surface area contributed by atoms with E-state index in [2.05, 4.69) is 4.98 Å². The highest BCUT2D eigenvalue weighted by atomic mass is 35.5. The molecule has 5 rings (SSSR count). The molecule has 0 aromatic carbocycles. The Bertz CT molecular complexity index is 418. The van der Waals surface area contributed by atoms with Crippen LogP contribution in [0.25, 0.3) is 0 Å². The number of aryl methyl sites for hydroxylation is 1. The monoisotopic (exact) mass is 265 g/mol. The summed E-state index contributed by atoms with van der Waals surface area (Å²) in [4.78, 5) is 4.41. The summed E-state index contributed by atoms with van der Waals surface area (Å²) in [5.74, 6) is 5.46. The predicted octanol–water partition coefficient (Wildman–Crippen LogP) is 3.92. The van der Waals surface area contributed by atoms with Crippen molar-refractivity contribution in [2.75, 3.05) is 5.88 Å². The third-order valence-corrected chi connectivity index (χ3v) is 5.61. The van der Waals surface area contributed by atoms with Crippen LogP contribution < -0.4 is 0 Å². The smallest absolute Gasteiger partial charge is 0.195 e. The fraction of sp³-hybridized carbons (Fsp3) is 0.800. The van der Waals surface area contributed by atoms with E-state index >= 15 is 0 Å². The minimum atomic E-state index is 0.340. The molecule has 98 valence electrons. The summed E-state index contributed by atoms with van der Waals surface area (Å²) in [6.07, 6.45) is 11.2. The van der Waals surface area contributed by atoms with E-state index in [0.717, 1.165) is 30.1 Å². The third kappa shape index (κ3) is 1.65. The van der Waals surface area contributed by atoms with E-state index in [0.29, 0.717) is 11.3 Å². The number of oxazole rings is 1. The second-order valence-corrected chi connectivity index (χ2v) is 7.13. The van der Waals surface area contributed by atoms with E-state index in [1.165, 1.54) is 44.3 Å². The quantitative estimate of drug-likeness (QED) is 0.774. The van der Waals surface area contributed by atoms with Gasteiger partial charge in [0.05, 0.1) is 6.20 Å². The Kier molecular flexibility index (Phi) is 2.52. The van der Waals surface area contributed by atoms with Crippen molar-refractivity contribution in [1.82, 2.24) is 4.98 Å². The molecule has 4 bridgehead atoms. The Balaban J connectivity index is 1.66. The van der Waals surface area contributed by atoms with Crippen LogP contribution in [0.2, 0.25) is 0 Å². The molecule has 0 atom stereocenters. The lowest BCUT2D eigenvalue weighted by molar-refractivity contribution is -0.0155. The molecular weight excluding hydrogens is 246 g/mol. The van der Waals surface area contributed by atoms with Crippen LogP contribution in [0, 0.1) is 17.8 Å². The summed E-state index contributed by atoms with van der Waals surface area (Å²) in [5.41, 5.74) is 0.340. The number of hydrogen-bond acceptors (Lipinski definition) is 2. The molecule has 0 amide bonds. The molecule has 4 saturated carbocycles. The standard InChI is InChI=1S/C15H20ClNO/c16-2-1-14-17-9-13(18-14)15-6-10-3-11(7-15)5-12(4-10)8-15/h9-12H,1-8H2. The van der Waals surface area contributed by atoms with Gasteiger partial charge >= 0.3 is 0 Å². The molecule has 0 N–H and O–H groups in total. The van der Waals surface area contributed by atoms with Gasteiger partial charge in [0.25, 0.3) is 0 Å². The van der Waals surface area contributed by atoms with Crippen LogP contribution in [0.1, 0.15) is 50.2 Å². The summed E-state index contributed by atoms with van der Waals surface area (Å²) < 4.78 is 6.01. The lowest BCUT2D eigenvalue weighted by Gasteiger charge is -2.55. The molecule has 4 aliphatic carbocycles. The van der Waals surface area contributed by atoms with Crippen LogP contribution >= 0.6 is 11.6 Å². The van der Waals surface area contributed by atoms with Gasteiger partial charge in [0, 0.05) is 17.7 Å². The van der Waals surface area contributed by atoms with Crippen molar-refractivity contribution >= 4 is 11.6 Å². The van der Waals surface area contributed by atoms with Gasteiger partial charge in [0.15, 0.2) is 5.89 Å². The van der Waals surface area contributed by atoms with Gasteiger partial charge in [-0.3, -0.25) is 0 Å². The highest BCUT2D eigenvalue weighted by molar-refractivity contribution is 6.17. The Labute approximate surface area is 113 Å². The Morgan fingerprint density at radius 3 is 2.33 bits per heavy atom. The van der Waals surface area contributed by atoms with Crippen molar-refractivity contribution in [3.63, 3.8) is 0 Å². The minimum absolute atomic E-state index is 0.340. The van der Waals surface area contributed by atoms with Gasteiger partial charge in [0.2, 0.25) is 0 Å². The second-order valence-electron chi connectivity index (χ2n) is 6.76. The van der Waals surface area contributed by atoms with E-state index < -0.39 is 0 Å². The van der Waals surface area contributed by atoms with Crippen molar-refractivity contribution in [3.05, 3.63) is 17.8 Å². The Morgan fingerprint density at radius 1 is 1.17 bits per heavy atom. The molecule has 0 spiro atoms. The number of rotatable bonds is 3. The van der Waals surface area contributed by atoms with Gasteiger partial charge in [-0.05, 0) is 56.3 Å². The maximum absolute atomic E-state index is 6.01. The highest BCUT2D eigenvalue weighted by Gasteiger charge is 2.53. The fourth-order valence-electron chi connectivity index (χ4n) is 5.16. The van der Waals surface area contributed by atoms with Crippen LogP contribution in [0.15, 0.2) is 10.6 Å². The molecule has 1 aromatic rings. The maximum Gasteiger partial charge on any atom is 0.195 e. The first kappa shape index (κ1) is 11.3. The van der Waals surface area contributed by atoms with Gasteiger partial charge in [-0.1, -0.05) is 0 Å². The summed E-state index contributed by atoms with van der Waals surface area (Å²) in [7, 11) is 0. The van der Waals surface area contributed by atoms with Gasteiger partial charge in [-0.2, -0.15) is 0 Å². The summed E-state index contributed by atoms with van der Waals surface area (Å²) in [5, 5.41) is 0.